The summed E-state index contributed by atoms with van der Waals surface area (Å²) in [5, 5.41) is 17.2. The number of carboxylic acids is 2. The van der Waals surface area contributed by atoms with E-state index in [2.05, 4.69) is 13.8 Å². The molecule has 1 aromatic rings. The summed E-state index contributed by atoms with van der Waals surface area (Å²) in [6.07, 6.45) is 3.21. The summed E-state index contributed by atoms with van der Waals surface area (Å²) < 4.78 is 0. The van der Waals surface area contributed by atoms with Gasteiger partial charge in [-0.2, -0.15) is 0 Å². The van der Waals surface area contributed by atoms with E-state index in [0.717, 1.165) is 24.8 Å². The Balaban J connectivity index is 0. The molecule has 26 heavy (non-hydrogen) atoms. The van der Waals surface area contributed by atoms with Gasteiger partial charge in [-0.25, -0.2) is 0 Å². The Morgan fingerprint density at radius 3 is 1.92 bits per heavy atom. The summed E-state index contributed by atoms with van der Waals surface area (Å²) in [4.78, 5) is 20.9. The van der Waals surface area contributed by atoms with Crippen LogP contribution in [-0.2, 0) is 16.0 Å². The van der Waals surface area contributed by atoms with Crippen LogP contribution in [0.4, 0.5) is 0 Å². The second kappa shape index (κ2) is 14.2. The summed E-state index contributed by atoms with van der Waals surface area (Å²) in [5.74, 6) is -1.49. The summed E-state index contributed by atoms with van der Waals surface area (Å²) in [7, 11) is 0. The second-order valence-electron chi connectivity index (χ2n) is 6.63. The van der Waals surface area contributed by atoms with Crippen molar-refractivity contribution in [3.8, 4) is 0 Å². The monoisotopic (exact) mass is 370 g/mol. The van der Waals surface area contributed by atoms with Crippen LogP contribution >= 0.6 is 0 Å². The van der Waals surface area contributed by atoms with Gasteiger partial charge in [-0.3, -0.25) is 9.59 Å². The van der Waals surface area contributed by atoms with Crippen LogP contribution in [0, 0.1) is 5.92 Å². The Morgan fingerprint density at radius 1 is 1.00 bits per heavy atom. The maximum atomic E-state index is 10.8. The van der Waals surface area contributed by atoms with E-state index in [1.807, 2.05) is 24.3 Å². The first-order valence-electron chi connectivity index (χ1n) is 8.69. The summed E-state index contributed by atoms with van der Waals surface area (Å²) in [5.41, 5.74) is 12.6. The number of aliphatic carboxylic acids is 2. The van der Waals surface area contributed by atoms with Gasteiger partial charge in [-0.05, 0) is 49.8 Å². The molecule has 150 valence electrons. The first kappa shape index (κ1) is 26.3. The van der Waals surface area contributed by atoms with Gasteiger partial charge in [0.2, 0.25) is 0 Å². The molecular formula is C19H34N2O5. The van der Waals surface area contributed by atoms with Crippen molar-refractivity contribution in [2.75, 3.05) is 6.54 Å². The molecule has 0 saturated heterocycles. The molecule has 7 heteroatoms. The lowest BCUT2D eigenvalue weighted by atomic mass is 9.97. The molecule has 0 aliphatic heterocycles. The van der Waals surface area contributed by atoms with Crippen molar-refractivity contribution in [1.29, 1.82) is 0 Å². The van der Waals surface area contributed by atoms with Gasteiger partial charge in [0.25, 0.3) is 0 Å². The van der Waals surface area contributed by atoms with E-state index in [1.54, 1.807) is 6.92 Å². The van der Waals surface area contributed by atoms with Gasteiger partial charge in [0.05, 0.1) is 5.92 Å². The van der Waals surface area contributed by atoms with Crippen molar-refractivity contribution in [1.82, 2.24) is 0 Å². The van der Waals surface area contributed by atoms with Crippen LogP contribution in [0.2, 0.25) is 0 Å². The van der Waals surface area contributed by atoms with Crippen molar-refractivity contribution in [3.63, 3.8) is 0 Å². The largest absolute Gasteiger partial charge is 0.481 e. The molecule has 0 saturated carbocycles. The van der Waals surface area contributed by atoms with E-state index >= 15 is 0 Å². The third kappa shape index (κ3) is 11.6. The van der Waals surface area contributed by atoms with E-state index in [1.165, 1.54) is 5.56 Å². The third-order valence-corrected chi connectivity index (χ3v) is 3.78. The van der Waals surface area contributed by atoms with Gasteiger partial charge in [-0.15, -0.1) is 0 Å². The summed E-state index contributed by atoms with van der Waals surface area (Å²) >= 11 is 0. The molecule has 1 aromatic carbocycles. The third-order valence-electron chi connectivity index (χ3n) is 3.78. The van der Waals surface area contributed by atoms with E-state index in [0.29, 0.717) is 18.9 Å². The highest BCUT2D eigenvalue weighted by Crippen LogP contribution is 2.17. The van der Waals surface area contributed by atoms with Crippen LogP contribution in [0.5, 0.6) is 0 Å². The predicted molar refractivity (Wildman–Crippen MR) is 103 cm³/mol. The molecule has 0 fully saturated rings. The van der Waals surface area contributed by atoms with E-state index in [4.69, 9.17) is 21.7 Å². The van der Waals surface area contributed by atoms with Gasteiger partial charge >= 0.3 is 11.9 Å². The number of hydrogen-bond acceptors (Lipinski definition) is 4. The number of hydrogen-bond donors (Lipinski definition) is 4. The Kier molecular flexibility index (Phi) is 14.4. The number of rotatable bonds is 9. The fourth-order valence-electron chi connectivity index (χ4n) is 2.19. The first-order chi connectivity index (χ1) is 11.7. The fraction of sp³-hybridized carbons (Fsp3) is 0.579. The predicted octanol–water partition coefficient (Wildman–Crippen LogP) is 1.78. The zero-order chi connectivity index (χ0) is 19.4. The Bertz CT molecular complexity index is 517. The van der Waals surface area contributed by atoms with Gasteiger partial charge in [0.15, 0.2) is 0 Å². The molecule has 7 nitrogen and oxygen atoms in total. The molecular weight excluding hydrogens is 336 g/mol. The van der Waals surface area contributed by atoms with Gasteiger partial charge in [-0.1, -0.05) is 44.5 Å². The molecule has 1 rings (SSSR count). The van der Waals surface area contributed by atoms with E-state index in [9.17, 15) is 9.59 Å². The quantitative estimate of drug-likeness (QED) is 0.485. The summed E-state index contributed by atoms with van der Waals surface area (Å²) in [6, 6.07) is 7.16. The highest BCUT2D eigenvalue weighted by molar-refractivity contribution is 5.75. The van der Waals surface area contributed by atoms with Crippen molar-refractivity contribution in [3.05, 3.63) is 35.4 Å². The Hall–Kier alpha value is -1.96. The average Bonchev–Trinajstić information content (AvgIpc) is 2.55. The lowest BCUT2D eigenvalue weighted by molar-refractivity contribution is -0.139. The van der Waals surface area contributed by atoms with Crippen LogP contribution < -0.4 is 11.5 Å². The zero-order valence-corrected chi connectivity index (χ0v) is 15.9. The van der Waals surface area contributed by atoms with Crippen LogP contribution in [0.25, 0.3) is 0 Å². The maximum absolute atomic E-state index is 10.8. The van der Waals surface area contributed by atoms with Crippen LogP contribution in [0.1, 0.15) is 57.1 Å². The summed E-state index contributed by atoms with van der Waals surface area (Å²) in [6.45, 7) is 6.66. The number of benzene rings is 1. The molecule has 0 spiro atoms. The standard InChI is InChI=1S/C13H18O2.C6H14N2O2.H2O/c1-9(2)8-11-4-6-12(7-5-11)10(3)13(14)15;7-4-2-1-3-5(8)6(9)10;/h4-7,9-10H,8H2,1-3H3,(H,14,15);5H,1-4,7-8H2,(H,9,10);1H2/t10-;5-;/m01./s1. The average molecular weight is 370 g/mol. The van der Waals surface area contributed by atoms with Crippen LogP contribution in [0.3, 0.4) is 0 Å². The maximum Gasteiger partial charge on any atom is 0.320 e. The van der Waals surface area contributed by atoms with Gasteiger partial charge in [0.1, 0.15) is 6.04 Å². The lowest BCUT2D eigenvalue weighted by Crippen LogP contribution is -2.29. The molecule has 8 N–H and O–H groups in total. The molecule has 0 unspecified atom stereocenters. The Morgan fingerprint density at radius 2 is 1.54 bits per heavy atom. The lowest BCUT2D eigenvalue weighted by Gasteiger charge is -2.09. The first-order valence-corrected chi connectivity index (χ1v) is 8.69. The molecule has 0 radical (unpaired) electrons. The highest BCUT2D eigenvalue weighted by Gasteiger charge is 2.13. The van der Waals surface area contributed by atoms with Gasteiger partial charge < -0.3 is 27.2 Å². The minimum Gasteiger partial charge on any atom is -0.481 e. The number of carboxylic acid groups (broad SMARTS) is 2. The smallest absolute Gasteiger partial charge is 0.320 e. The molecule has 0 aliphatic carbocycles. The SMILES string of the molecule is CC(C)Cc1ccc([C@H](C)C(=O)O)cc1.NCCCC[C@@H](N)C(=O)O.O. The second-order valence-corrected chi connectivity index (χ2v) is 6.63. The minimum atomic E-state index is -0.933. The van der Waals surface area contributed by atoms with E-state index in [-0.39, 0.29) is 5.48 Å². The highest BCUT2D eigenvalue weighted by atomic mass is 16.4. The molecule has 0 bridgehead atoms. The molecule has 0 aliphatic rings. The fourth-order valence-corrected chi connectivity index (χ4v) is 2.19. The van der Waals surface area contributed by atoms with Crippen LogP contribution in [-0.4, -0.2) is 40.2 Å². The van der Waals surface area contributed by atoms with Crippen molar-refractivity contribution in [2.45, 2.75) is 58.4 Å². The number of unbranched alkanes of at least 4 members (excludes halogenated alkanes) is 1. The van der Waals surface area contributed by atoms with Crippen molar-refractivity contribution < 1.29 is 25.3 Å². The minimum absolute atomic E-state index is 0. The molecule has 0 aromatic heterocycles. The Labute approximate surface area is 155 Å². The normalized spacial score (nSPS) is 12.4. The van der Waals surface area contributed by atoms with E-state index < -0.39 is 23.9 Å². The zero-order valence-electron chi connectivity index (χ0n) is 15.9. The topological polar surface area (TPSA) is 158 Å². The van der Waals surface area contributed by atoms with Gasteiger partial charge in [0, 0.05) is 0 Å². The number of nitrogens with two attached hydrogens (primary N) is 2. The van der Waals surface area contributed by atoms with Crippen molar-refractivity contribution >= 4 is 11.9 Å². The molecule has 0 heterocycles. The van der Waals surface area contributed by atoms with Crippen molar-refractivity contribution in [2.24, 2.45) is 17.4 Å². The number of carbonyl (C=O) groups is 2. The van der Waals surface area contributed by atoms with Crippen LogP contribution in [0.15, 0.2) is 24.3 Å². The molecule has 0 amide bonds. The molecule has 2 atom stereocenters.